The van der Waals surface area contributed by atoms with Gasteiger partial charge in [0.25, 0.3) is 0 Å². The topological polar surface area (TPSA) is 126 Å². The molecule has 0 unspecified atom stereocenters. The molecule has 0 bridgehead atoms. The highest BCUT2D eigenvalue weighted by molar-refractivity contribution is 8.00. The fraction of sp³-hybridized carbons (Fsp3) is 0.450. The molecule has 1 aliphatic rings. The Balaban J connectivity index is 1.69. The summed E-state index contributed by atoms with van der Waals surface area (Å²) in [6, 6.07) is 9.86. The van der Waals surface area contributed by atoms with Crippen molar-refractivity contribution in [3.63, 3.8) is 0 Å². The fourth-order valence-electron chi connectivity index (χ4n) is 3.37. The molecular weight excluding hydrogens is 406 g/mol. The molecule has 3 aromatic rings. The van der Waals surface area contributed by atoms with Crippen LogP contribution in [0.5, 0.6) is 0 Å². The number of nitrogens with one attached hydrogen (secondary N) is 1. The first-order valence-electron chi connectivity index (χ1n) is 9.96. The van der Waals surface area contributed by atoms with Gasteiger partial charge >= 0.3 is 0 Å². The van der Waals surface area contributed by atoms with Crippen LogP contribution in [0.25, 0.3) is 11.2 Å². The van der Waals surface area contributed by atoms with Crippen LogP contribution in [-0.4, -0.2) is 59.8 Å². The maximum atomic E-state index is 10.4. The summed E-state index contributed by atoms with van der Waals surface area (Å²) in [6.07, 6.45) is 0.0185. The van der Waals surface area contributed by atoms with Crippen molar-refractivity contribution in [1.29, 1.82) is 0 Å². The van der Waals surface area contributed by atoms with Gasteiger partial charge in [-0.15, -0.1) is 0 Å². The maximum Gasteiger partial charge on any atom is 0.168 e. The van der Waals surface area contributed by atoms with Crippen molar-refractivity contribution < 1.29 is 20.1 Å². The lowest BCUT2D eigenvalue weighted by Gasteiger charge is -2.17. The summed E-state index contributed by atoms with van der Waals surface area (Å²) in [5.74, 6) is 1.24. The fourth-order valence-corrected chi connectivity index (χ4v) is 4.02. The summed E-state index contributed by atoms with van der Waals surface area (Å²) in [7, 11) is 0. The Morgan fingerprint density at radius 1 is 1.17 bits per heavy atom. The number of benzene rings is 1. The number of aromatic nitrogens is 4. The second kappa shape index (κ2) is 9.27. The number of aliphatic hydroxyl groups excluding tert-OH is 3. The quantitative estimate of drug-likeness (QED) is 0.396. The zero-order chi connectivity index (χ0) is 21.1. The van der Waals surface area contributed by atoms with E-state index < -0.39 is 31.1 Å². The van der Waals surface area contributed by atoms with Gasteiger partial charge in [-0.25, -0.2) is 15.0 Å². The van der Waals surface area contributed by atoms with E-state index in [9.17, 15) is 15.3 Å². The highest BCUT2D eigenvalue weighted by atomic mass is 32.2. The van der Waals surface area contributed by atoms with E-state index in [1.54, 1.807) is 4.57 Å². The summed E-state index contributed by atoms with van der Waals surface area (Å²) in [4.78, 5) is 14.8. The summed E-state index contributed by atoms with van der Waals surface area (Å²) >= 11 is 1.42. The van der Waals surface area contributed by atoms with Crippen molar-refractivity contribution in [2.75, 3.05) is 11.3 Å². The van der Waals surface area contributed by atoms with Gasteiger partial charge in [0.2, 0.25) is 0 Å². The first-order valence-corrected chi connectivity index (χ1v) is 10.8. The molecule has 30 heavy (non-hydrogen) atoms. The number of aliphatic hydroxyl groups is 3. The molecule has 1 aromatic carbocycles. The summed E-state index contributed by atoms with van der Waals surface area (Å²) < 4.78 is 10.5. The number of ether oxygens (including phenoxy) is 1. The van der Waals surface area contributed by atoms with Crippen LogP contribution in [0.15, 0.2) is 41.6 Å². The third-order valence-corrected chi connectivity index (χ3v) is 5.83. The van der Waals surface area contributed by atoms with Crippen LogP contribution in [0, 0.1) is 0 Å². The molecule has 0 saturated carbocycles. The second-order valence-corrected chi connectivity index (χ2v) is 8.04. The Labute approximate surface area is 178 Å². The zero-order valence-corrected chi connectivity index (χ0v) is 17.4. The van der Waals surface area contributed by atoms with Crippen molar-refractivity contribution in [1.82, 2.24) is 19.5 Å². The molecule has 0 radical (unpaired) electrons. The van der Waals surface area contributed by atoms with Crippen molar-refractivity contribution in [3.05, 3.63) is 42.5 Å². The molecule has 0 spiro atoms. The van der Waals surface area contributed by atoms with Crippen LogP contribution in [0.4, 0.5) is 5.82 Å². The van der Waals surface area contributed by atoms with Gasteiger partial charge in [0, 0.05) is 11.3 Å². The van der Waals surface area contributed by atoms with Gasteiger partial charge in [-0.05, 0) is 30.5 Å². The summed E-state index contributed by atoms with van der Waals surface area (Å²) in [5.41, 5.74) is 1.04. The van der Waals surface area contributed by atoms with Gasteiger partial charge in [0.15, 0.2) is 23.2 Å². The predicted molar refractivity (Wildman–Crippen MR) is 113 cm³/mol. The van der Waals surface area contributed by atoms with E-state index in [0.717, 1.165) is 17.7 Å². The van der Waals surface area contributed by atoms with Crippen LogP contribution < -0.4 is 4.72 Å². The van der Waals surface area contributed by atoms with Crippen molar-refractivity contribution in [2.24, 2.45) is 0 Å². The molecule has 1 saturated heterocycles. The molecule has 2 aromatic heterocycles. The number of fused-ring (bicyclic) bond motifs is 1. The minimum Gasteiger partial charge on any atom is -0.394 e. The molecule has 10 heteroatoms. The SMILES string of the molecule is CCCCc1nc(NSc2ccccc2)c2ncn([C@@H]3O[C@H](CO)[C@@H](O)[C@H]3O)c2n1. The Morgan fingerprint density at radius 2 is 1.97 bits per heavy atom. The Bertz CT molecular complexity index is 986. The van der Waals surface area contributed by atoms with Crippen LogP contribution in [0.1, 0.15) is 31.8 Å². The number of rotatable bonds is 8. The summed E-state index contributed by atoms with van der Waals surface area (Å²) in [6.45, 7) is 1.71. The second-order valence-electron chi connectivity index (χ2n) is 7.16. The van der Waals surface area contributed by atoms with Crippen LogP contribution in [-0.2, 0) is 11.2 Å². The lowest BCUT2D eigenvalue weighted by molar-refractivity contribution is -0.0511. The first kappa shape index (κ1) is 21.0. The van der Waals surface area contributed by atoms with Gasteiger partial charge < -0.3 is 24.8 Å². The average molecular weight is 432 g/mol. The van der Waals surface area contributed by atoms with E-state index in [1.165, 1.54) is 18.3 Å². The van der Waals surface area contributed by atoms with Gasteiger partial charge in [-0.2, -0.15) is 0 Å². The normalized spacial score (nSPS) is 23.9. The van der Waals surface area contributed by atoms with Crippen molar-refractivity contribution in [3.8, 4) is 0 Å². The molecule has 4 atom stereocenters. The Hall–Kier alpha value is -2.24. The van der Waals surface area contributed by atoms with Crippen molar-refractivity contribution >= 4 is 28.9 Å². The molecule has 160 valence electrons. The first-order chi connectivity index (χ1) is 14.6. The minimum atomic E-state index is -1.20. The molecule has 3 heterocycles. The molecule has 4 N–H and O–H groups in total. The standard InChI is InChI=1S/C20H25N5O4S/c1-2-3-9-14-22-18(24-30-12-7-5-4-6-8-12)15-19(23-14)25(11-21-15)20-17(28)16(27)13(10-26)29-20/h4-8,11,13,16-17,20,26-28H,2-3,9-10H2,1H3,(H,22,23,24)/t13-,16-,17-,20-/m1/s1. The third kappa shape index (κ3) is 4.14. The van der Waals surface area contributed by atoms with E-state index in [0.29, 0.717) is 29.2 Å². The van der Waals surface area contributed by atoms with E-state index in [2.05, 4.69) is 26.6 Å². The molecule has 0 aliphatic carbocycles. The molecule has 1 aliphatic heterocycles. The van der Waals surface area contributed by atoms with Crippen LogP contribution in [0.2, 0.25) is 0 Å². The van der Waals surface area contributed by atoms with Gasteiger partial charge in [0.1, 0.15) is 24.1 Å². The highest BCUT2D eigenvalue weighted by Gasteiger charge is 2.44. The van der Waals surface area contributed by atoms with Gasteiger partial charge in [-0.3, -0.25) is 4.57 Å². The predicted octanol–water partition coefficient (Wildman–Crippen LogP) is 1.90. The molecule has 1 fully saturated rings. The lowest BCUT2D eigenvalue weighted by Crippen LogP contribution is -2.33. The number of aryl methyl sites for hydroxylation is 1. The minimum absolute atomic E-state index is 0.390. The van der Waals surface area contributed by atoms with Crippen LogP contribution >= 0.6 is 11.9 Å². The number of hydrogen-bond acceptors (Lipinski definition) is 9. The molecule has 9 nitrogen and oxygen atoms in total. The van der Waals surface area contributed by atoms with E-state index in [4.69, 9.17) is 4.74 Å². The third-order valence-electron chi connectivity index (χ3n) is 5.02. The summed E-state index contributed by atoms with van der Waals surface area (Å²) in [5, 5.41) is 29.9. The van der Waals surface area contributed by atoms with E-state index >= 15 is 0 Å². The van der Waals surface area contributed by atoms with Crippen molar-refractivity contribution in [2.45, 2.75) is 55.6 Å². The number of imidazole rings is 1. The highest BCUT2D eigenvalue weighted by Crippen LogP contribution is 2.33. The van der Waals surface area contributed by atoms with E-state index in [-0.39, 0.29) is 0 Å². The van der Waals surface area contributed by atoms with Gasteiger partial charge in [0.05, 0.1) is 12.9 Å². The number of nitrogens with zero attached hydrogens (tertiary/aromatic N) is 4. The van der Waals surface area contributed by atoms with Crippen LogP contribution in [0.3, 0.4) is 0 Å². The smallest absolute Gasteiger partial charge is 0.168 e. The Morgan fingerprint density at radius 3 is 2.67 bits per heavy atom. The Kier molecular flexibility index (Phi) is 6.49. The number of anilines is 1. The molecule has 4 rings (SSSR count). The average Bonchev–Trinajstić information content (AvgIpc) is 3.32. The van der Waals surface area contributed by atoms with E-state index in [1.807, 2.05) is 30.3 Å². The molecule has 0 amide bonds. The maximum absolute atomic E-state index is 10.4. The lowest BCUT2D eigenvalue weighted by atomic mass is 10.1. The zero-order valence-electron chi connectivity index (χ0n) is 16.5. The molecular formula is C20H25N5O4S. The monoisotopic (exact) mass is 431 g/mol. The number of hydrogen-bond donors (Lipinski definition) is 4. The van der Waals surface area contributed by atoms with Gasteiger partial charge in [-0.1, -0.05) is 31.5 Å². The number of unbranched alkanes of at least 4 members (excludes halogenated alkanes) is 1. The largest absolute Gasteiger partial charge is 0.394 e.